The lowest BCUT2D eigenvalue weighted by atomic mass is 9.79. The van der Waals surface area contributed by atoms with E-state index < -0.39 is 5.60 Å². The van der Waals surface area contributed by atoms with E-state index in [-0.39, 0.29) is 18.1 Å². The lowest BCUT2D eigenvalue weighted by Crippen LogP contribution is -2.45. The summed E-state index contributed by atoms with van der Waals surface area (Å²) in [7, 11) is 0. The van der Waals surface area contributed by atoms with Crippen molar-refractivity contribution in [3.63, 3.8) is 0 Å². The van der Waals surface area contributed by atoms with Crippen molar-refractivity contribution in [3.05, 3.63) is 29.1 Å². The van der Waals surface area contributed by atoms with Gasteiger partial charge in [-0.1, -0.05) is 19.8 Å². The number of hydrogen-bond acceptors (Lipinski definition) is 4. The van der Waals surface area contributed by atoms with Crippen molar-refractivity contribution in [1.82, 2.24) is 10.3 Å². The fraction of sp³-hybridized carbons (Fsp3) is 0.562. The quantitative estimate of drug-likeness (QED) is 0.889. The van der Waals surface area contributed by atoms with Gasteiger partial charge in [-0.2, -0.15) is 5.26 Å². The third kappa shape index (κ3) is 3.79. The smallest absolute Gasteiger partial charge is 0.269 e. The SMILES string of the molecule is Cc1nc(C(=O)NCC2(O)CCCC(C)C2)ccc1C#N. The van der Waals surface area contributed by atoms with Crippen LogP contribution < -0.4 is 5.32 Å². The molecule has 0 saturated heterocycles. The summed E-state index contributed by atoms with van der Waals surface area (Å²) in [5.74, 6) is 0.171. The van der Waals surface area contributed by atoms with Crippen molar-refractivity contribution in [2.75, 3.05) is 6.54 Å². The van der Waals surface area contributed by atoms with Gasteiger partial charge in [-0.15, -0.1) is 0 Å². The van der Waals surface area contributed by atoms with Crippen molar-refractivity contribution in [3.8, 4) is 6.07 Å². The minimum Gasteiger partial charge on any atom is -0.388 e. The number of carbonyl (C=O) groups excluding carboxylic acids is 1. The predicted molar refractivity (Wildman–Crippen MR) is 78.6 cm³/mol. The van der Waals surface area contributed by atoms with Crippen LogP contribution in [0.2, 0.25) is 0 Å². The second-order valence-electron chi connectivity index (χ2n) is 6.05. The first-order valence-corrected chi connectivity index (χ1v) is 7.32. The van der Waals surface area contributed by atoms with Crippen LogP contribution in [0.1, 0.15) is 54.4 Å². The lowest BCUT2D eigenvalue weighted by molar-refractivity contribution is -0.0109. The summed E-state index contributed by atoms with van der Waals surface area (Å²) in [6.07, 6.45) is 3.55. The van der Waals surface area contributed by atoms with Crippen LogP contribution >= 0.6 is 0 Å². The topological polar surface area (TPSA) is 86.0 Å². The van der Waals surface area contributed by atoms with E-state index in [0.29, 0.717) is 23.6 Å². The first-order chi connectivity index (χ1) is 9.93. The van der Waals surface area contributed by atoms with Gasteiger partial charge in [0.2, 0.25) is 0 Å². The summed E-state index contributed by atoms with van der Waals surface area (Å²) in [6, 6.07) is 5.15. The van der Waals surface area contributed by atoms with Gasteiger partial charge >= 0.3 is 0 Å². The van der Waals surface area contributed by atoms with E-state index in [2.05, 4.69) is 17.2 Å². The average molecular weight is 287 g/mol. The Morgan fingerprint density at radius 1 is 1.62 bits per heavy atom. The van der Waals surface area contributed by atoms with E-state index in [0.717, 1.165) is 19.3 Å². The molecule has 21 heavy (non-hydrogen) atoms. The van der Waals surface area contributed by atoms with Crippen LogP contribution in [0.5, 0.6) is 0 Å². The number of aliphatic hydroxyl groups is 1. The second kappa shape index (κ2) is 6.23. The molecule has 1 aromatic rings. The molecule has 5 nitrogen and oxygen atoms in total. The Kier molecular flexibility index (Phi) is 4.59. The zero-order valence-corrected chi connectivity index (χ0v) is 12.5. The van der Waals surface area contributed by atoms with Crippen LogP contribution in [-0.4, -0.2) is 28.1 Å². The third-order valence-electron chi connectivity index (χ3n) is 4.08. The van der Waals surface area contributed by atoms with Gasteiger partial charge in [0.15, 0.2) is 0 Å². The molecule has 5 heteroatoms. The maximum absolute atomic E-state index is 12.1. The summed E-state index contributed by atoms with van der Waals surface area (Å²) < 4.78 is 0. The highest BCUT2D eigenvalue weighted by atomic mass is 16.3. The van der Waals surface area contributed by atoms with Crippen molar-refractivity contribution in [2.24, 2.45) is 5.92 Å². The minimum atomic E-state index is -0.811. The van der Waals surface area contributed by atoms with E-state index in [9.17, 15) is 9.90 Å². The maximum Gasteiger partial charge on any atom is 0.269 e. The number of aromatic nitrogens is 1. The number of nitrogens with zero attached hydrogens (tertiary/aromatic N) is 2. The maximum atomic E-state index is 12.1. The van der Waals surface area contributed by atoms with E-state index in [4.69, 9.17) is 5.26 Å². The summed E-state index contributed by atoms with van der Waals surface area (Å²) in [4.78, 5) is 16.2. The van der Waals surface area contributed by atoms with E-state index in [1.807, 2.05) is 6.07 Å². The Bertz CT molecular complexity index is 579. The molecule has 2 N–H and O–H groups in total. The molecule has 0 spiro atoms. The van der Waals surface area contributed by atoms with E-state index in [1.54, 1.807) is 13.0 Å². The van der Waals surface area contributed by atoms with Crippen LogP contribution in [0.25, 0.3) is 0 Å². The van der Waals surface area contributed by atoms with Crippen LogP contribution in [-0.2, 0) is 0 Å². The Morgan fingerprint density at radius 2 is 2.38 bits per heavy atom. The van der Waals surface area contributed by atoms with E-state index in [1.165, 1.54) is 6.07 Å². The van der Waals surface area contributed by atoms with Gasteiger partial charge in [0, 0.05) is 6.54 Å². The minimum absolute atomic E-state index is 0.247. The highest BCUT2D eigenvalue weighted by molar-refractivity contribution is 5.92. The molecular formula is C16H21N3O2. The second-order valence-corrected chi connectivity index (χ2v) is 6.05. The fourth-order valence-corrected chi connectivity index (χ4v) is 2.93. The molecule has 0 bridgehead atoms. The number of carbonyl (C=O) groups is 1. The summed E-state index contributed by atoms with van der Waals surface area (Å²) in [6.45, 7) is 4.07. The third-order valence-corrected chi connectivity index (χ3v) is 4.08. The first-order valence-electron chi connectivity index (χ1n) is 7.32. The van der Waals surface area contributed by atoms with Gasteiger partial charge < -0.3 is 10.4 Å². The Morgan fingerprint density at radius 3 is 3.00 bits per heavy atom. The summed E-state index contributed by atoms with van der Waals surface area (Å²) in [5, 5.41) is 22.1. The molecule has 1 heterocycles. The normalized spacial score (nSPS) is 25.1. The predicted octanol–water partition coefficient (Wildman–Crippen LogP) is 1.93. The first kappa shape index (κ1) is 15.5. The highest BCUT2D eigenvalue weighted by Gasteiger charge is 2.33. The van der Waals surface area contributed by atoms with E-state index >= 15 is 0 Å². The monoisotopic (exact) mass is 287 g/mol. The van der Waals surface area contributed by atoms with Gasteiger partial charge in [-0.3, -0.25) is 4.79 Å². The number of nitrogens with one attached hydrogen (secondary N) is 1. The zero-order valence-electron chi connectivity index (χ0n) is 12.5. The van der Waals surface area contributed by atoms with Gasteiger partial charge in [0.05, 0.1) is 16.9 Å². The lowest BCUT2D eigenvalue weighted by Gasteiger charge is -2.35. The largest absolute Gasteiger partial charge is 0.388 e. The van der Waals surface area contributed by atoms with Gasteiger partial charge in [-0.25, -0.2) is 4.98 Å². The molecule has 1 saturated carbocycles. The van der Waals surface area contributed by atoms with Crippen LogP contribution in [0.4, 0.5) is 0 Å². The molecule has 0 aromatic carbocycles. The number of rotatable bonds is 3. The molecule has 2 rings (SSSR count). The zero-order chi connectivity index (χ0) is 15.5. The number of amides is 1. The van der Waals surface area contributed by atoms with Crippen molar-refractivity contribution in [1.29, 1.82) is 5.26 Å². The standard InChI is InChI=1S/C16H21N3O2/c1-11-4-3-7-16(21,8-11)10-18-15(20)14-6-5-13(9-17)12(2)19-14/h5-6,11,21H,3-4,7-8,10H2,1-2H3,(H,18,20). The number of nitriles is 1. The molecule has 1 aliphatic carbocycles. The van der Waals surface area contributed by atoms with Crippen molar-refractivity contribution >= 4 is 5.91 Å². The Balaban J connectivity index is 1.99. The fourth-order valence-electron chi connectivity index (χ4n) is 2.93. The highest BCUT2D eigenvalue weighted by Crippen LogP contribution is 2.31. The number of pyridine rings is 1. The molecule has 0 radical (unpaired) electrons. The molecule has 1 aromatic heterocycles. The van der Waals surface area contributed by atoms with Gasteiger partial charge in [-0.05, 0) is 37.8 Å². The molecule has 2 unspecified atom stereocenters. The molecule has 112 valence electrons. The Hall–Kier alpha value is -1.93. The van der Waals surface area contributed by atoms with Gasteiger partial charge in [0.25, 0.3) is 5.91 Å². The molecule has 1 fully saturated rings. The average Bonchev–Trinajstić information content (AvgIpc) is 2.44. The van der Waals surface area contributed by atoms with Crippen molar-refractivity contribution < 1.29 is 9.90 Å². The molecule has 1 aliphatic rings. The van der Waals surface area contributed by atoms with Crippen LogP contribution in [0, 0.1) is 24.2 Å². The Labute approximate surface area is 125 Å². The molecular weight excluding hydrogens is 266 g/mol. The molecule has 1 amide bonds. The van der Waals surface area contributed by atoms with Crippen molar-refractivity contribution in [2.45, 2.75) is 45.1 Å². The van der Waals surface area contributed by atoms with Crippen LogP contribution in [0.3, 0.4) is 0 Å². The number of aryl methyl sites for hydroxylation is 1. The molecule has 2 atom stereocenters. The van der Waals surface area contributed by atoms with Crippen LogP contribution in [0.15, 0.2) is 12.1 Å². The number of hydrogen-bond donors (Lipinski definition) is 2. The molecule has 0 aliphatic heterocycles. The summed E-state index contributed by atoms with van der Waals surface area (Å²) in [5.41, 5.74) is 0.468. The summed E-state index contributed by atoms with van der Waals surface area (Å²) >= 11 is 0. The van der Waals surface area contributed by atoms with Gasteiger partial charge in [0.1, 0.15) is 11.8 Å².